The molecule has 0 saturated heterocycles. The fourth-order valence-electron chi connectivity index (χ4n) is 2.90. The first kappa shape index (κ1) is 21.1. The highest BCUT2D eigenvalue weighted by Crippen LogP contribution is 2.23. The summed E-state index contributed by atoms with van der Waals surface area (Å²) in [7, 11) is 0. The number of amides is 1. The van der Waals surface area contributed by atoms with Crippen molar-refractivity contribution in [2.24, 2.45) is 0 Å². The number of hydrogen-bond acceptors (Lipinski definition) is 3. The highest BCUT2D eigenvalue weighted by molar-refractivity contribution is 5.92. The number of carbonyl (C=O) groups excluding carboxylic acids is 1. The van der Waals surface area contributed by atoms with Gasteiger partial charge in [0.05, 0.1) is 4.92 Å². The van der Waals surface area contributed by atoms with E-state index in [0.29, 0.717) is 6.42 Å². The summed E-state index contributed by atoms with van der Waals surface area (Å²) in [5, 5.41) is 13.6. The van der Waals surface area contributed by atoms with Gasteiger partial charge in [0.15, 0.2) is 0 Å². The van der Waals surface area contributed by atoms with E-state index in [1.807, 2.05) is 0 Å². The van der Waals surface area contributed by atoms with E-state index in [-0.39, 0.29) is 17.3 Å². The van der Waals surface area contributed by atoms with Crippen LogP contribution in [0, 0.1) is 10.1 Å². The molecule has 5 heteroatoms. The summed E-state index contributed by atoms with van der Waals surface area (Å²) in [5.41, 5.74) is 0.218. The normalized spacial score (nSPS) is 10.6. The summed E-state index contributed by atoms with van der Waals surface area (Å²) < 4.78 is 0. The molecular formula is C20H32N2O3. The van der Waals surface area contributed by atoms with Crippen LogP contribution in [0.4, 0.5) is 11.4 Å². The second kappa shape index (κ2) is 13.4. The number of rotatable bonds is 14. The molecule has 0 aliphatic heterocycles. The number of nitro groups is 1. The molecule has 1 aromatic rings. The summed E-state index contributed by atoms with van der Waals surface area (Å²) in [6.07, 6.45) is 14.0. The van der Waals surface area contributed by atoms with Gasteiger partial charge < -0.3 is 5.32 Å². The molecule has 0 fully saturated rings. The predicted octanol–water partition coefficient (Wildman–Crippen LogP) is 6.23. The van der Waals surface area contributed by atoms with Gasteiger partial charge in [-0.1, -0.05) is 83.3 Å². The molecule has 0 atom stereocenters. The van der Waals surface area contributed by atoms with Gasteiger partial charge in [-0.25, -0.2) is 0 Å². The van der Waals surface area contributed by atoms with Crippen LogP contribution in [-0.2, 0) is 4.79 Å². The second-order valence-electron chi connectivity index (χ2n) is 6.61. The van der Waals surface area contributed by atoms with Crippen LogP contribution in [0.5, 0.6) is 0 Å². The number of para-hydroxylation sites is 2. The van der Waals surface area contributed by atoms with Gasteiger partial charge in [-0.2, -0.15) is 0 Å². The zero-order valence-corrected chi connectivity index (χ0v) is 15.5. The molecule has 1 rings (SSSR count). The van der Waals surface area contributed by atoms with Crippen molar-refractivity contribution in [2.75, 3.05) is 5.32 Å². The highest BCUT2D eigenvalue weighted by atomic mass is 16.6. The first-order valence-corrected chi connectivity index (χ1v) is 9.68. The van der Waals surface area contributed by atoms with Crippen LogP contribution in [0.3, 0.4) is 0 Å². The smallest absolute Gasteiger partial charge is 0.292 e. The summed E-state index contributed by atoms with van der Waals surface area (Å²) in [6, 6.07) is 6.25. The van der Waals surface area contributed by atoms with E-state index in [1.165, 1.54) is 57.4 Å². The Morgan fingerprint density at radius 1 is 0.920 bits per heavy atom. The molecule has 0 unspecified atom stereocenters. The highest BCUT2D eigenvalue weighted by Gasteiger charge is 2.14. The molecule has 0 saturated carbocycles. The van der Waals surface area contributed by atoms with Crippen LogP contribution in [0.2, 0.25) is 0 Å². The Morgan fingerprint density at radius 2 is 1.44 bits per heavy atom. The van der Waals surface area contributed by atoms with E-state index in [9.17, 15) is 14.9 Å². The first-order valence-electron chi connectivity index (χ1n) is 9.68. The third-order valence-corrected chi connectivity index (χ3v) is 4.38. The number of nitrogens with one attached hydrogen (secondary N) is 1. The van der Waals surface area contributed by atoms with Crippen molar-refractivity contribution in [2.45, 2.75) is 84.0 Å². The molecule has 5 nitrogen and oxygen atoms in total. The zero-order chi connectivity index (χ0) is 18.3. The monoisotopic (exact) mass is 348 g/mol. The van der Waals surface area contributed by atoms with Gasteiger partial charge in [-0.15, -0.1) is 0 Å². The third-order valence-electron chi connectivity index (χ3n) is 4.38. The summed E-state index contributed by atoms with van der Waals surface area (Å²) in [4.78, 5) is 22.4. The molecule has 1 N–H and O–H groups in total. The Kier molecular flexibility index (Phi) is 11.3. The van der Waals surface area contributed by atoms with Gasteiger partial charge in [0, 0.05) is 12.5 Å². The lowest BCUT2D eigenvalue weighted by Gasteiger charge is -2.06. The van der Waals surface area contributed by atoms with Crippen LogP contribution >= 0.6 is 0 Å². The van der Waals surface area contributed by atoms with E-state index in [1.54, 1.807) is 18.2 Å². The first-order chi connectivity index (χ1) is 12.1. The lowest BCUT2D eigenvalue weighted by Crippen LogP contribution is -2.12. The average molecular weight is 348 g/mol. The maximum Gasteiger partial charge on any atom is 0.292 e. The van der Waals surface area contributed by atoms with Gasteiger partial charge in [-0.05, 0) is 12.5 Å². The molecule has 0 aromatic heterocycles. The number of nitrogens with zero attached hydrogens (tertiary/aromatic N) is 1. The van der Waals surface area contributed by atoms with Crippen molar-refractivity contribution >= 4 is 17.3 Å². The minimum Gasteiger partial charge on any atom is -0.320 e. The van der Waals surface area contributed by atoms with Crippen LogP contribution in [-0.4, -0.2) is 10.8 Å². The Morgan fingerprint density at radius 3 is 2.00 bits per heavy atom. The van der Waals surface area contributed by atoms with E-state index in [4.69, 9.17) is 0 Å². The molecule has 25 heavy (non-hydrogen) atoms. The van der Waals surface area contributed by atoms with Crippen molar-refractivity contribution in [1.29, 1.82) is 0 Å². The quantitative estimate of drug-likeness (QED) is 0.246. The van der Waals surface area contributed by atoms with E-state index < -0.39 is 4.92 Å². The molecule has 1 amide bonds. The Hall–Kier alpha value is -1.91. The molecule has 140 valence electrons. The van der Waals surface area contributed by atoms with Crippen LogP contribution in [0.15, 0.2) is 24.3 Å². The predicted molar refractivity (Wildman–Crippen MR) is 103 cm³/mol. The van der Waals surface area contributed by atoms with Gasteiger partial charge in [0.25, 0.3) is 5.69 Å². The number of benzene rings is 1. The Balaban J connectivity index is 2.05. The number of unbranched alkanes of at least 4 members (excludes halogenated alkanes) is 10. The topological polar surface area (TPSA) is 72.2 Å². The lowest BCUT2D eigenvalue weighted by molar-refractivity contribution is -0.383. The van der Waals surface area contributed by atoms with Crippen molar-refractivity contribution in [3.8, 4) is 0 Å². The summed E-state index contributed by atoms with van der Waals surface area (Å²) in [5.74, 6) is -0.148. The van der Waals surface area contributed by atoms with E-state index in [2.05, 4.69) is 12.2 Å². The van der Waals surface area contributed by atoms with Gasteiger partial charge in [0.1, 0.15) is 5.69 Å². The van der Waals surface area contributed by atoms with Crippen LogP contribution < -0.4 is 5.32 Å². The van der Waals surface area contributed by atoms with E-state index in [0.717, 1.165) is 19.3 Å². The Bertz CT molecular complexity index is 517. The molecular weight excluding hydrogens is 316 g/mol. The SMILES string of the molecule is CCCCCCCCCCCCCC(=O)Nc1ccccc1[N+](=O)[O-]. The van der Waals surface area contributed by atoms with Crippen LogP contribution in [0.25, 0.3) is 0 Å². The molecule has 1 aromatic carbocycles. The average Bonchev–Trinajstić information content (AvgIpc) is 2.60. The third kappa shape index (κ3) is 9.85. The molecule has 0 heterocycles. The minimum atomic E-state index is -0.474. The maximum atomic E-state index is 11.9. The molecule has 0 spiro atoms. The van der Waals surface area contributed by atoms with Gasteiger partial charge >= 0.3 is 0 Å². The largest absolute Gasteiger partial charge is 0.320 e. The zero-order valence-electron chi connectivity index (χ0n) is 15.5. The number of carbonyl (C=O) groups is 1. The van der Waals surface area contributed by atoms with Crippen molar-refractivity contribution in [3.63, 3.8) is 0 Å². The standard InChI is InChI=1S/C20H32N2O3/c1-2-3-4-5-6-7-8-9-10-11-12-17-20(23)21-18-15-13-14-16-19(18)22(24)25/h13-16H,2-12,17H2,1H3,(H,21,23). The summed E-state index contributed by atoms with van der Waals surface area (Å²) in [6.45, 7) is 2.24. The second-order valence-corrected chi connectivity index (χ2v) is 6.61. The fourth-order valence-corrected chi connectivity index (χ4v) is 2.90. The van der Waals surface area contributed by atoms with Crippen LogP contribution in [0.1, 0.15) is 84.0 Å². The molecule has 0 radical (unpaired) electrons. The Labute approximate surface area is 151 Å². The lowest BCUT2D eigenvalue weighted by atomic mass is 10.1. The fraction of sp³-hybridized carbons (Fsp3) is 0.650. The summed E-state index contributed by atoms with van der Waals surface area (Å²) >= 11 is 0. The maximum absolute atomic E-state index is 11.9. The van der Waals surface area contributed by atoms with Gasteiger partial charge in [-0.3, -0.25) is 14.9 Å². The van der Waals surface area contributed by atoms with E-state index >= 15 is 0 Å². The number of hydrogen-bond donors (Lipinski definition) is 1. The number of anilines is 1. The molecule has 0 aliphatic carbocycles. The van der Waals surface area contributed by atoms with Crippen molar-refractivity contribution in [3.05, 3.63) is 34.4 Å². The van der Waals surface area contributed by atoms with Crippen molar-refractivity contribution in [1.82, 2.24) is 0 Å². The number of nitro benzene ring substituents is 1. The molecule has 0 aliphatic rings. The molecule has 0 bridgehead atoms. The minimum absolute atomic E-state index is 0.0604. The van der Waals surface area contributed by atoms with Crippen molar-refractivity contribution < 1.29 is 9.72 Å². The van der Waals surface area contributed by atoms with Gasteiger partial charge in [0.2, 0.25) is 5.91 Å².